The summed E-state index contributed by atoms with van der Waals surface area (Å²) >= 11 is 0. The first-order chi connectivity index (χ1) is 13.0. The van der Waals surface area contributed by atoms with Gasteiger partial charge >= 0.3 is 0 Å². The van der Waals surface area contributed by atoms with E-state index in [-0.39, 0.29) is 12.5 Å². The van der Waals surface area contributed by atoms with Gasteiger partial charge in [-0.3, -0.25) is 4.79 Å². The molecular weight excluding hydrogens is 344 g/mol. The number of rotatable bonds is 9. The first-order valence-electron chi connectivity index (χ1n) is 8.75. The highest BCUT2D eigenvalue weighted by molar-refractivity contribution is 6.04. The van der Waals surface area contributed by atoms with Gasteiger partial charge in [-0.05, 0) is 54.8 Å². The number of amides is 1. The first-order valence-corrected chi connectivity index (χ1v) is 8.75. The molecule has 1 amide bonds. The number of hydrogen-bond acceptors (Lipinski definition) is 5. The normalized spacial score (nSPS) is 10.2. The van der Waals surface area contributed by atoms with Gasteiger partial charge in [0.15, 0.2) is 18.1 Å². The SMILES string of the molecule is COc1cc(C(=O)Nc2ccc(OCC#N)cc2)ccc1OCCC(C)C. The summed E-state index contributed by atoms with van der Waals surface area (Å²) in [6.45, 7) is 4.85. The molecule has 0 aromatic heterocycles. The van der Waals surface area contributed by atoms with Crippen molar-refractivity contribution in [2.75, 3.05) is 25.6 Å². The van der Waals surface area contributed by atoms with Gasteiger partial charge in [0.05, 0.1) is 13.7 Å². The van der Waals surface area contributed by atoms with E-state index in [9.17, 15) is 4.79 Å². The maximum atomic E-state index is 12.5. The van der Waals surface area contributed by atoms with Gasteiger partial charge in [-0.2, -0.15) is 5.26 Å². The lowest BCUT2D eigenvalue weighted by Gasteiger charge is -2.13. The monoisotopic (exact) mass is 368 g/mol. The van der Waals surface area contributed by atoms with Crippen molar-refractivity contribution in [1.29, 1.82) is 5.26 Å². The lowest BCUT2D eigenvalue weighted by molar-refractivity contribution is 0.102. The predicted octanol–water partition coefficient (Wildman–Crippen LogP) is 4.27. The molecule has 0 spiro atoms. The summed E-state index contributed by atoms with van der Waals surface area (Å²) < 4.78 is 16.3. The summed E-state index contributed by atoms with van der Waals surface area (Å²) in [7, 11) is 1.55. The Morgan fingerprint density at radius 2 is 1.85 bits per heavy atom. The molecule has 6 nitrogen and oxygen atoms in total. The van der Waals surface area contributed by atoms with Crippen molar-refractivity contribution in [1.82, 2.24) is 0 Å². The largest absolute Gasteiger partial charge is 0.493 e. The van der Waals surface area contributed by atoms with Crippen molar-refractivity contribution in [2.45, 2.75) is 20.3 Å². The number of benzene rings is 2. The lowest BCUT2D eigenvalue weighted by atomic mass is 10.1. The molecule has 1 N–H and O–H groups in total. The Balaban J connectivity index is 2.02. The molecule has 2 rings (SSSR count). The molecule has 6 heteroatoms. The Morgan fingerprint density at radius 3 is 2.48 bits per heavy atom. The maximum Gasteiger partial charge on any atom is 0.255 e. The molecule has 0 unspecified atom stereocenters. The van der Waals surface area contributed by atoms with Crippen LogP contribution in [0.2, 0.25) is 0 Å². The second-order valence-electron chi connectivity index (χ2n) is 6.32. The van der Waals surface area contributed by atoms with Crippen LogP contribution in [0.15, 0.2) is 42.5 Å². The van der Waals surface area contributed by atoms with Gasteiger partial charge in [0, 0.05) is 11.3 Å². The van der Waals surface area contributed by atoms with Crippen LogP contribution in [0.5, 0.6) is 17.2 Å². The van der Waals surface area contributed by atoms with Gasteiger partial charge in [-0.15, -0.1) is 0 Å². The van der Waals surface area contributed by atoms with Gasteiger partial charge in [0.1, 0.15) is 11.8 Å². The Hall–Kier alpha value is -3.20. The van der Waals surface area contributed by atoms with E-state index in [1.807, 2.05) is 6.07 Å². The second-order valence-corrected chi connectivity index (χ2v) is 6.32. The van der Waals surface area contributed by atoms with E-state index in [0.717, 1.165) is 6.42 Å². The highest BCUT2D eigenvalue weighted by Crippen LogP contribution is 2.29. The van der Waals surface area contributed by atoms with E-state index in [1.165, 1.54) is 0 Å². The molecule has 0 bridgehead atoms. The quantitative estimate of drug-likeness (QED) is 0.715. The molecule has 0 radical (unpaired) electrons. The summed E-state index contributed by atoms with van der Waals surface area (Å²) in [5, 5.41) is 11.3. The van der Waals surface area contributed by atoms with Gasteiger partial charge in [0.2, 0.25) is 0 Å². The average Bonchev–Trinajstić information content (AvgIpc) is 2.67. The second kappa shape index (κ2) is 10.1. The molecule has 2 aromatic carbocycles. The number of nitriles is 1. The molecule has 0 saturated carbocycles. The van der Waals surface area contributed by atoms with E-state index in [1.54, 1.807) is 49.6 Å². The average molecular weight is 368 g/mol. The molecule has 2 aromatic rings. The van der Waals surface area contributed by atoms with Crippen molar-refractivity contribution in [2.24, 2.45) is 5.92 Å². The number of ether oxygens (including phenoxy) is 3. The lowest BCUT2D eigenvalue weighted by Crippen LogP contribution is -2.12. The van der Waals surface area contributed by atoms with E-state index in [0.29, 0.717) is 41.0 Å². The Labute approximate surface area is 159 Å². The molecular formula is C21H24N2O4. The third-order valence-corrected chi connectivity index (χ3v) is 3.79. The zero-order chi connectivity index (χ0) is 19.6. The predicted molar refractivity (Wildman–Crippen MR) is 103 cm³/mol. The minimum absolute atomic E-state index is 0.0168. The highest BCUT2D eigenvalue weighted by atomic mass is 16.5. The van der Waals surface area contributed by atoms with Crippen molar-refractivity contribution < 1.29 is 19.0 Å². The molecule has 142 valence electrons. The van der Waals surface area contributed by atoms with Crippen molar-refractivity contribution in [3.8, 4) is 23.3 Å². The van der Waals surface area contributed by atoms with E-state index < -0.39 is 0 Å². The Kier molecular flexibility index (Phi) is 7.50. The molecule has 0 aliphatic rings. The van der Waals surface area contributed by atoms with Crippen LogP contribution in [0.3, 0.4) is 0 Å². The van der Waals surface area contributed by atoms with Gasteiger partial charge < -0.3 is 19.5 Å². The number of nitrogens with one attached hydrogen (secondary N) is 1. The number of carbonyl (C=O) groups excluding carboxylic acids is 1. The molecule has 0 fully saturated rings. The molecule has 0 atom stereocenters. The Morgan fingerprint density at radius 1 is 1.11 bits per heavy atom. The fourth-order valence-electron chi connectivity index (χ4n) is 2.29. The van der Waals surface area contributed by atoms with Crippen LogP contribution >= 0.6 is 0 Å². The zero-order valence-electron chi connectivity index (χ0n) is 15.8. The number of hydrogen-bond donors (Lipinski definition) is 1. The smallest absolute Gasteiger partial charge is 0.255 e. The molecule has 0 aliphatic carbocycles. The Bertz CT molecular complexity index is 795. The van der Waals surface area contributed by atoms with Crippen LogP contribution < -0.4 is 19.5 Å². The third-order valence-electron chi connectivity index (χ3n) is 3.79. The molecule has 0 heterocycles. The van der Waals surface area contributed by atoms with E-state index in [4.69, 9.17) is 19.5 Å². The van der Waals surface area contributed by atoms with Gasteiger partial charge in [0.25, 0.3) is 5.91 Å². The van der Waals surface area contributed by atoms with Crippen LogP contribution in [0.25, 0.3) is 0 Å². The van der Waals surface area contributed by atoms with Gasteiger partial charge in [-0.1, -0.05) is 13.8 Å². The molecule has 0 saturated heterocycles. The third kappa shape index (κ3) is 6.23. The zero-order valence-corrected chi connectivity index (χ0v) is 15.8. The standard InChI is InChI=1S/C21H24N2O4/c1-15(2)10-12-27-19-9-4-16(14-20(19)25-3)21(24)23-17-5-7-18(8-6-17)26-13-11-22/h4-9,14-15H,10,12-13H2,1-3H3,(H,23,24). The van der Waals surface area contributed by atoms with Crippen LogP contribution in [0, 0.1) is 17.2 Å². The summed E-state index contributed by atoms with van der Waals surface area (Å²) in [6, 6.07) is 13.8. The number of anilines is 1. The topological polar surface area (TPSA) is 80.6 Å². The maximum absolute atomic E-state index is 12.5. The van der Waals surface area contributed by atoms with Crippen LogP contribution in [-0.4, -0.2) is 26.2 Å². The van der Waals surface area contributed by atoms with Crippen LogP contribution in [-0.2, 0) is 0 Å². The fraction of sp³-hybridized carbons (Fsp3) is 0.333. The summed E-state index contributed by atoms with van der Waals surface area (Å²) in [5.74, 6) is 2.00. The molecule has 0 aliphatic heterocycles. The fourth-order valence-corrected chi connectivity index (χ4v) is 2.29. The number of nitrogens with zero attached hydrogens (tertiary/aromatic N) is 1. The summed E-state index contributed by atoms with van der Waals surface area (Å²) in [4.78, 5) is 12.5. The minimum atomic E-state index is -0.257. The molecule has 27 heavy (non-hydrogen) atoms. The number of methoxy groups -OCH3 is 1. The van der Waals surface area contributed by atoms with Crippen molar-refractivity contribution >= 4 is 11.6 Å². The van der Waals surface area contributed by atoms with Crippen LogP contribution in [0.4, 0.5) is 5.69 Å². The van der Waals surface area contributed by atoms with Crippen molar-refractivity contribution in [3.63, 3.8) is 0 Å². The minimum Gasteiger partial charge on any atom is -0.493 e. The highest BCUT2D eigenvalue weighted by Gasteiger charge is 2.12. The summed E-state index contributed by atoms with van der Waals surface area (Å²) in [5.41, 5.74) is 1.09. The van der Waals surface area contributed by atoms with E-state index in [2.05, 4.69) is 19.2 Å². The van der Waals surface area contributed by atoms with E-state index >= 15 is 0 Å². The van der Waals surface area contributed by atoms with Gasteiger partial charge in [-0.25, -0.2) is 0 Å². The number of carbonyl (C=O) groups is 1. The summed E-state index contributed by atoms with van der Waals surface area (Å²) in [6.07, 6.45) is 0.944. The first kappa shape index (κ1) is 20.1. The van der Waals surface area contributed by atoms with Crippen LogP contribution in [0.1, 0.15) is 30.6 Å². The van der Waals surface area contributed by atoms with Crippen molar-refractivity contribution in [3.05, 3.63) is 48.0 Å².